The number of carbonyl (C=O) groups is 1. The lowest BCUT2D eigenvalue weighted by molar-refractivity contribution is -0.117. The Kier molecular flexibility index (Phi) is 4.71. The Labute approximate surface area is 183 Å². The zero-order valence-electron chi connectivity index (χ0n) is 17.0. The highest BCUT2D eigenvalue weighted by atomic mass is 16.2. The number of fused-ring (bicyclic) bond motifs is 1. The summed E-state index contributed by atoms with van der Waals surface area (Å²) in [6.07, 6.45) is 0. The molecule has 1 amide bonds. The number of carbonyl (C=O) groups excluding carboxylic acids is 2. The van der Waals surface area contributed by atoms with Gasteiger partial charge in [-0.3, -0.25) is 19.5 Å². The molecule has 32 heavy (non-hydrogen) atoms. The van der Waals surface area contributed by atoms with Crippen molar-refractivity contribution in [3.63, 3.8) is 0 Å². The summed E-state index contributed by atoms with van der Waals surface area (Å²) in [5, 5.41) is 5.76. The minimum atomic E-state index is -0.977. The summed E-state index contributed by atoms with van der Waals surface area (Å²) in [4.78, 5) is 38.0. The number of nitrogen functional groups attached to an aromatic ring is 1. The van der Waals surface area contributed by atoms with Crippen molar-refractivity contribution in [3.8, 4) is 5.69 Å². The summed E-state index contributed by atoms with van der Waals surface area (Å²) in [6.45, 7) is 0. The molecule has 7 heteroatoms. The third kappa shape index (κ3) is 3.11. The molecule has 1 aliphatic rings. The second kappa shape index (κ2) is 7.70. The van der Waals surface area contributed by atoms with Crippen LogP contribution >= 0.6 is 0 Å². The van der Waals surface area contributed by atoms with Crippen LogP contribution in [0.15, 0.2) is 89.7 Å². The molecule has 2 heterocycles. The molecule has 0 saturated heterocycles. The van der Waals surface area contributed by atoms with Crippen LogP contribution in [0.25, 0.3) is 5.69 Å². The Hall–Kier alpha value is -4.39. The molecule has 5 N–H and O–H groups in total. The molecular weight excluding hydrogens is 404 g/mol. The van der Waals surface area contributed by atoms with Gasteiger partial charge in [-0.15, -0.1) is 0 Å². The molecule has 4 aromatic rings. The Morgan fingerprint density at radius 3 is 2.25 bits per heavy atom. The number of aromatic nitrogens is 2. The first kappa shape index (κ1) is 19.6. The molecule has 7 nitrogen and oxygen atoms in total. The van der Waals surface area contributed by atoms with E-state index in [9.17, 15) is 14.4 Å². The van der Waals surface area contributed by atoms with Crippen molar-refractivity contribution in [2.75, 3.05) is 11.1 Å². The average Bonchev–Trinajstić information content (AvgIpc) is 3.31. The van der Waals surface area contributed by atoms with Gasteiger partial charge < -0.3 is 11.1 Å². The van der Waals surface area contributed by atoms with Gasteiger partial charge in [0, 0.05) is 5.69 Å². The third-order valence-electron chi connectivity index (χ3n) is 5.81. The molecule has 0 radical (unpaired) electrons. The number of H-pyrrole nitrogens is 1. The van der Waals surface area contributed by atoms with Crippen LogP contribution in [-0.4, -0.2) is 26.3 Å². The largest absolute Gasteiger partial charge is 0.384 e. The smallest absolute Gasteiger partial charge is 0.332 e. The SMILES string of the molecule is Nc1[nH]n(-c2ccccc2)c(=O)c1C(C(=[OH+])c1ccccc1)C1C(=O)Nc2ccccc21. The van der Waals surface area contributed by atoms with Crippen LogP contribution < -0.4 is 16.6 Å². The van der Waals surface area contributed by atoms with Gasteiger partial charge in [0.1, 0.15) is 11.7 Å². The fourth-order valence-corrected chi connectivity index (χ4v) is 4.34. The van der Waals surface area contributed by atoms with E-state index in [1.165, 1.54) is 4.68 Å². The molecule has 0 spiro atoms. The number of hydrogen-bond acceptors (Lipinski definition) is 3. The Morgan fingerprint density at radius 2 is 1.53 bits per heavy atom. The lowest BCUT2D eigenvalue weighted by Crippen LogP contribution is -2.31. The van der Waals surface area contributed by atoms with E-state index in [0.29, 0.717) is 22.5 Å². The number of rotatable bonds is 5. The fourth-order valence-electron chi connectivity index (χ4n) is 4.34. The first-order valence-electron chi connectivity index (χ1n) is 10.2. The number of para-hydroxylation sites is 2. The van der Waals surface area contributed by atoms with E-state index in [2.05, 4.69) is 10.4 Å². The molecule has 2 unspecified atom stereocenters. The van der Waals surface area contributed by atoms with Gasteiger partial charge in [0.15, 0.2) is 0 Å². The van der Waals surface area contributed by atoms with Crippen LogP contribution in [0.1, 0.15) is 28.5 Å². The predicted octanol–water partition coefficient (Wildman–Crippen LogP) is 3.16. The van der Waals surface area contributed by atoms with Gasteiger partial charge in [-0.1, -0.05) is 54.6 Å². The molecule has 5 rings (SSSR count). The monoisotopic (exact) mass is 425 g/mol. The van der Waals surface area contributed by atoms with E-state index < -0.39 is 17.4 Å². The standard InChI is InChI=1S/C25H20N4O3/c26-23-21(25(32)29(28-23)16-11-5-2-6-12-16)20(22(30)15-9-3-1-4-10-15)19-17-13-7-8-14-18(17)27-24(19)31/h1-14,19-20,28H,26H2,(H,27,31)/p+1. The summed E-state index contributed by atoms with van der Waals surface area (Å²) < 4.78 is 1.33. The zero-order valence-corrected chi connectivity index (χ0v) is 17.0. The molecule has 3 aromatic carbocycles. The van der Waals surface area contributed by atoms with Gasteiger partial charge in [0.25, 0.3) is 5.56 Å². The fraction of sp³-hybridized carbons (Fsp3) is 0.0800. The maximum Gasteiger partial charge on any atom is 0.332 e. The normalized spacial score (nSPS) is 15.8. The van der Waals surface area contributed by atoms with E-state index in [0.717, 1.165) is 0 Å². The third-order valence-corrected chi connectivity index (χ3v) is 5.81. The summed E-state index contributed by atoms with van der Waals surface area (Å²) >= 11 is 0. The zero-order chi connectivity index (χ0) is 22.2. The maximum absolute atomic E-state index is 13.5. The number of hydrogen-bond donors (Lipinski definition) is 3. The van der Waals surface area contributed by atoms with Crippen LogP contribution in [0.3, 0.4) is 0 Å². The maximum atomic E-state index is 13.5. The highest BCUT2D eigenvalue weighted by molar-refractivity contribution is 6.11. The van der Waals surface area contributed by atoms with E-state index in [1.807, 2.05) is 42.5 Å². The number of ketones is 1. The van der Waals surface area contributed by atoms with Crippen molar-refractivity contribution >= 4 is 23.2 Å². The van der Waals surface area contributed by atoms with Gasteiger partial charge in [-0.05, 0) is 35.9 Å². The Morgan fingerprint density at radius 1 is 0.906 bits per heavy atom. The topological polar surface area (TPSA) is 114 Å². The van der Waals surface area contributed by atoms with Crippen LogP contribution in [0.2, 0.25) is 0 Å². The van der Waals surface area contributed by atoms with E-state index in [1.54, 1.807) is 42.5 Å². The number of nitrogens with two attached hydrogens (primary N) is 1. The van der Waals surface area contributed by atoms with Crippen LogP contribution in [-0.2, 0) is 4.79 Å². The van der Waals surface area contributed by atoms with Crippen LogP contribution in [0.5, 0.6) is 0 Å². The lowest BCUT2D eigenvalue weighted by atomic mass is 9.78. The summed E-state index contributed by atoms with van der Waals surface area (Å²) in [6, 6.07) is 25.2. The van der Waals surface area contributed by atoms with Crippen molar-refractivity contribution in [2.24, 2.45) is 0 Å². The molecule has 0 aliphatic carbocycles. The van der Waals surface area contributed by atoms with Crippen molar-refractivity contribution in [2.45, 2.75) is 11.8 Å². The molecule has 1 aliphatic heterocycles. The summed E-state index contributed by atoms with van der Waals surface area (Å²) in [5.74, 6) is -2.09. The van der Waals surface area contributed by atoms with E-state index in [4.69, 9.17) is 5.73 Å². The molecule has 2 atom stereocenters. The van der Waals surface area contributed by atoms with E-state index >= 15 is 0 Å². The molecule has 0 fully saturated rings. The van der Waals surface area contributed by atoms with Gasteiger partial charge in [0.05, 0.1) is 22.7 Å². The number of nitrogens with zero attached hydrogens (tertiary/aromatic N) is 1. The number of nitrogens with one attached hydrogen (secondary N) is 2. The van der Waals surface area contributed by atoms with E-state index in [-0.39, 0.29) is 23.1 Å². The van der Waals surface area contributed by atoms with Gasteiger partial charge in [-0.2, -0.15) is 0 Å². The number of aromatic amines is 1. The van der Waals surface area contributed by atoms with Crippen molar-refractivity contribution < 1.29 is 9.59 Å². The van der Waals surface area contributed by atoms with Crippen LogP contribution in [0, 0.1) is 0 Å². The van der Waals surface area contributed by atoms with Crippen LogP contribution in [0.4, 0.5) is 11.5 Å². The molecule has 158 valence electrons. The Bertz CT molecular complexity index is 1370. The molecule has 0 saturated carbocycles. The van der Waals surface area contributed by atoms with Crippen molar-refractivity contribution in [1.29, 1.82) is 0 Å². The second-order valence-corrected chi connectivity index (χ2v) is 7.70. The summed E-state index contributed by atoms with van der Waals surface area (Å²) in [7, 11) is 0. The molecule has 0 bridgehead atoms. The first-order chi connectivity index (χ1) is 15.6. The number of anilines is 2. The predicted molar refractivity (Wildman–Crippen MR) is 124 cm³/mol. The summed E-state index contributed by atoms with van der Waals surface area (Å²) in [5.41, 5.74) is 8.50. The minimum Gasteiger partial charge on any atom is -0.384 e. The minimum absolute atomic E-state index is 0.0922. The van der Waals surface area contributed by atoms with Gasteiger partial charge in [0.2, 0.25) is 5.91 Å². The first-order valence-corrected chi connectivity index (χ1v) is 10.2. The lowest BCUT2D eigenvalue weighted by Gasteiger charge is -2.17. The molecular formula is C25H21N4O3+. The van der Waals surface area contributed by atoms with Gasteiger partial charge in [-0.25, -0.2) is 4.68 Å². The quantitative estimate of drug-likeness (QED) is 0.337. The number of benzene rings is 3. The average molecular weight is 425 g/mol. The highest BCUT2D eigenvalue weighted by Gasteiger charge is 2.47. The highest BCUT2D eigenvalue weighted by Crippen LogP contribution is 2.43. The van der Waals surface area contributed by atoms with Crippen molar-refractivity contribution in [3.05, 3.63) is 112 Å². The van der Waals surface area contributed by atoms with Crippen molar-refractivity contribution in [1.82, 2.24) is 9.78 Å². The number of amides is 1. The Balaban J connectivity index is 1.72. The van der Waals surface area contributed by atoms with Gasteiger partial charge >= 0.3 is 5.78 Å². The second-order valence-electron chi connectivity index (χ2n) is 7.70. The molecule has 1 aromatic heterocycles.